The van der Waals surface area contributed by atoms with E-state index >= 15 is 0 Å². The van der Waals surface area contributed by atoms with E-state index in [0.717, 1.165) is 25.0 Å². The molecule has 2 aromatic heterocycles. The maximum absolute atomic E-state index is 13.3. The molecule has 4 atom stereocenters. The molecule has 2 aromatic rings. The molecule has 6 nitrogen and oxygen atoms in total. The maximum Gasteiger partial charge on any atom is 0.419 e. The molecule has 4 fully saturated rings. The van der Waals surface area contributed by atoms with Crippen LogP contribution in [0.5, 0.6) is 0 Å². The van der Waals surface area contributed by atoms with Gasteiger partial charge in [0.25, 0.3) is 0 Å². The Bertz CT molecular complexity index is 1050. The van der Waals surface area contributed by atoms with Crippen LogP contribution < -0.4 is 5.73 Å². The Balaban J connectivity index is 1.27. The topological polar surface area (TPSA) is 69.2 Å². The van der Waals surface area contributed by atoms with E-state index < -0.39 is 17.6 Å². The first-order chi connectivity index (χ1) is 15.2. The zero-order chi connectivity index (χ0) is 22.4. The highest BCUT2D eigenvalue weighted by Gasteiger charge is 2.67. The van der Waals surface area contributed by atoms with Crippen LogP contribution in [0.25, 0.3) is 11.3 Å². The Kier molecular flexibility index (Phi) is 4.28. The Hall–Kier alpha value is -2.13. The third kappa shape index (κ3) is 2.93. The molecule has 2 aliphatic carbocycles. The van der Waals surface area contributed by atoms with Crippen LogP contribution in [-0.2, 0) is 10.9 Å². The number of nitrogen functional groups attached to an aromatic ring is 1. The third-order valence-corrected chi connectivity index (χ3v) is 8.17. The molecule has 1 spiro atoms. The lowest BCUT2D eigenvalue weighted by molar-refractivity contribution is -0.149. The van der Waals surface area contributed by atoms with Gasteiger partial charge in [-0.15, -0.1) is 0 Å². The number of ether oxygens (including phenoxy) is 1. The predicted molar refractivity (Wildman–Crippen MR) is 113 cm³/mol. The molecule has 4 heterocycles. The van der Waals surface area contributed by atoms with Crippen LogP contribution in [-0.4, -0.2) is 51.0 Å². The lowest BCUT2D eigenvalue weighted by atomic mass is 9.77. The molecule has 2 saturated heterocycles. The molecule has 6 rings (SSSR count). The fourth-order valence-electron chi connectivity index (χ4n) is 6.42. The first-order valence-corrected chi connectivity index (χ1v) is 11.4. The summed E-state index contributed by atoms with van der Waals surface area (Å²) in [7, 11) is 0. The highest BCUT2D eigenvalue weighted by Crippen LogP contribution is 2.69. The molecule has 9 heteroatoms. The number of pyridine rings is 1. The Morgan fingerprint density at radius 2 is 1.91 bits per heavy atom. The van der Waals surface area contributed by atoms with Crippen LogP contribution in [0.1, 0.15) is 56.3 Å². The van der Waals surface area contributed by atoms with E-state index in [2.05, 4.69) is 23.7 Å². The van der Waals surface area contributed by atoms with E-state index in [1.807, 2.05) is 10.7 Å². The summed E-state index contributed by atoms with van der Waals surface area (Å²) in [4.78, 5) is 6.46. The van der Waals surface area contributed by atoms with E-state index in [9.17, 15) is 13.2 Å². The average molecular weight is 448 g/mol. The third-order valence-electron chi connectivity index (χ3n) is 8.17. The summed E-state index contributed by atoms with van der Waals surface area (Å²) in [6.45, 7) is 7.02. The van der Waals surface area contributed by atoms with E-state index in [0.29, 0.717) is 40.6 Å². The van der Waals surface area contributed by atoms with Crippen molar-refractivity contribution in [3.8, 4) is 11.3 Å². The van der Waals surface area contributed by atoms with Crippen LogP contribution >= 0.6 is 0 Å². The lowest BCUT2D eigenvalue weighted by Crippen LogP contribution is -2.67. The molecule has 0 aromatic carbocycles. The van der Waals surface area contributed by atoms with Gasteiger partial charge in [0.1, 0.15) is 5.82 Å². The van der Waals surface area contributed by atoms with Gasteiger partial charge in [0.2, 0.25) is 0 Å². The number of aromatic nitrogens is 3. The van der Waals surface area contributed by atoms with Gasteiger partial charge in [-0.1, -0.05) is 0 Å². The van der Waals surface area contributed by atoms with Gasteiger partial charge in [-0.25, -0.2) is 4.98 Å². The molecule has 2 saturated carbocycles. The summed E-state index contributed by atoms with van der Waals surface area (Å²) in [6, 6.07) is 3.76. The number of alkyl halides is 3. The number of hydrogen-bond donors (Lipinski definition) is 1. The summed E-state index contributed by atoms with van der Waals surface area (Å²) < 4.78 is 47.4. The van der Waals surface area contributed by atoms with E-state index in [-0.39, 0.29) is 6.04 Å². The second-order valence-corrected chi connectivity index (χ2v) is 10.3. The van der Waals surface area contributed by atoms with Gasteiger partial charge < -0.3 is 10.5 Å². The van der Waals surface area contributed by atoms with Crippen molar-refractivity contribution in [1.82, 2.24) is 19.7 Å². The van der Waals surface area contributed by atoms with Crippen molar-refractivity contribution in [3.63, 3.8) is 0 Å². The van der Waals surface area contributed by atoms with Gasteiger partial charge in [0.05, 0.1) is 30.5 Å². The fraction of sp³-hybridized carbons (Fsp3) is 0.652. The molecule has 32 heavy (non-hydrogen) atoms. The first kappa shape index (κ1) is 20.5. The Morgan fingerprint density at radius 1 is 1.19 bits per heavy atom. The van der Waals surface area contributed by atoms with E-state index in [1.165, 1.54) is 32.0 Å². The van der Waals surface area contributed by atoms with Crippen molar-refractivity contribution in [2.75, 3.05) is 25.5 Å². The minimum Gasteiger partial charge on any atom is -0.383 e. The van der Waals surface area contributed by atoms with Gasteiger partial charge >= 0.3 is 6.18 Å². The van der Waals surface area contributed by atoms with Crippen LogP contribution in [0.4, 0.5) is 19.0 Å². The number of rotatable bonds is 4. The SMILES string of the molecule is CC(C)n1nc(-c2cnc(N)c(C(F)(F)F)c2)cc1[C@H]1[C@@H]2C[C@@]3(CCN3C3COC3)C[C@@H]21. The largest absolute Gasteiger partial charge is 0.419 e. The Morgan fingerprint density at radius 3 is 2.44 bits per heavy atom. The predicted octanol–water partition coefficient (Wildman–Crippen LogP) is 4.09. The summed E-state index contributed by atoms with van der Waals surface area (Å²) >= 11 is 0. The summed E-state index contributed by atoms with van der Waals surface area (Å²) in [5.74, 6) is 1.20. The number of nitrogens with zero attached hydrogens (tertiary/aromatic N) is 4. The van der Waals surface area contributed by atoms with Gasteiger partial charge in [0.15, 0.2) is 0 Å². The molecule has 0 radical (unpaired) electrons. The van der Waals surface area contributed by atoms with Crippen LogP contribution in [0.15, 0.2) is 18.3 Å². The fourth-order valence-corrected chi connectivity index (χ4v) is 6.42. The number of hydrogen-bond acceptors (Lipinski definition) is 5. The summed E-state index contributed by atoms with van der Waals surface area (Å²) in [6.07, 6.45) is 0.531. The molecule has 0 bridgehead atoms. The zero-order valence-corrected chi connectivity index (χ0v) is 18.3. The molecule has 0 unspecified atom stereocenters. The number of likely N-dealkylation sites (tertiary alicyclic amines) is 1. The average Bonchev–Trinajstić information content (AvgIpc) is 3.06. The van der Waals surface area contributed by atoms with Gasteiger partial charge in [-0.05, 0) is 57.1 Å². The lowest BCUT2D eigenvalue weighted by Gasteiger charge is -2.57. The first-order valence-electron chi connectivity index (χ1n) is 11.4. The van der Waals surface area contributed by atoms with Gasteiger partial charge in [-0.2, -0.15) is 18.3 Å². The maximum atomic E-state index is 13.3. The summed E-state index contributed by atoms with van der Waals surface area (Å²) in [5.41, 5.74) is 6.95. The molecule has 172 valence electrons. The van der Waals surface area contributed by atoms with Crippen molar-refractivity contribution in [1.29, 1.82) is 0 Å². The highest BCUT2D eigenvalue weighted by molar-refractivity contribution is 5.63. The number of fused-ring (bicyclic) bond motifs is 1. The standard InChI is InChI=1S/C23H28F3N5O/c1-12(2)31-19(6-18(29-31)13-5-17(23(24,25)26)21(27)28-9-13)20-15-7-22(8-16(15)20)3-4-30(22)14-10-32-11-14/h5-6,9,12,14-16,20H,3-4,7-8,10-11H2,1-2H3,(H2,27,28)/t15-,16+,20+,22+. The number of anilines is 1. The molecular weight excluding hydrogens is 419 g/mol. The summed E-state index contributed by atoms with van der Waals surface area (Å²) in [5, 5.41) is 4.70. The van der Waals surface area contributed by atoms with Crippen molar-refractivity contribution in [2.45, 2.75) is 62.8 Å². The van der Waals surface area contributed by atoms with Crippen molar-refractivity contribution >= 4 is 5.82 Å². The minimum atomic E-state index is -4.54. The molecular formula is C23H28F3N5O. The van der Waals surface area contributed by atoms with Crippen molar-refractivity contribution in [3.05, 3.63) is 29.6 Å². The van der Waals surface area contributed by atoms with Crippen LogP contribution in [0.3, 0.4) is 0 Å². The molecule has 0 amide bonds. The second-order valence-electron chi connectivity index (χ2n) is 10.3. The monoisotopic (exact) mass is 447 g/mol. The van der Waals surface area contributed by atoms with Crippen molar-refractivity contribution in [2.24, 2.45) is 11.8 Å². The van der Waals surface area contributed by atoms with Crippen LogP contribution in [0.2, 0.25) is 0 Å². The van der Waals surface area contributed by atoms with Gasteiger partial charge in [-0.3, -0.25) is 9.58 Å². The smallest absolute Gasteiger partial charge is 0.383 e. The normalized spacial score (nSPS) is 32.2. The molecule has 2 aliphatic heterocycles. The zero-order valence-electron chi connectivity index (χ0n) is 18.3. The number of nitrogens with two attached hydrogens (primary N) is 1. The quantitative estimate of drug-likeness (QED) is 0.765. The Labute approximate surface area is 184 Å². The second kappa shape index (κ2) is 6.70. The highest BCUT2D eigenvalue weighted by atomic mass is 19.4. The van der Waals surface area contributed by atoms with E-state index in [1.54, 1.807) is 0 Å². The molecule has 2 N–H and O–H groups in total. The number of halogens is 3. The van der Waals surface area contributed by atoms with Crippen LogP contribution in [0, 0.1) is 11.8 Å². The van der Waals surface area contributed by atoms with Crippen molar-refractivity contribution < 1.29 is 17.9 Å². The van der Waals surface area contributed by atoms with Gasteiger partial charge in [0, 0.05) is 41.5 Å². The molecule has 4 aliphatic rings. The minimum absolute atomic E-state index is 0.130. The van der Waals surface area contributed by atoms with E-state index in [4.69, 9.17) is 15.6 Å².